The molecular formula is C12H13N3O2. The number of hydrogen-bond acceptors (Lipinski definition) is 3. The van der Waals surface area contributed by atoms with Gasteiger partial charge in [0.1, 0.15) is 11.3 Å². The first kappa shape index (κ1) is 10.1. The van der Waals surface area contributed by atoms with Gasteiger partial charge in [-0.15, -0.1) is 0 Å². The molecule has 5 heteroatoms. The van der Waals surface area contributed by atoms with Gasteiger partial charge < -0.3 is 15.5 Å². The molecule has 1 aliphatic rings. The van der Waals surface area contributed by atoms with Crippen LogP contribution in [-0.4, -0.2) is 22.5 Å². The van der Waals surface area contributed by atoms with E-state index in [9.17, 15) is 4.79 Å². The van der Waals surface area contributed by atoms with Crippen molar-refractivity contribution in [1.29, 1.82) is 0 Å². The maximum Gasteiger partial charge on any atom is 0.248 e. The van der Waals surface area contributed by atoms with Gasteiger partial charge in [-0.3, -0.25) is 4.79 Å². The molecule has 0 bridgehead atoms. The maximum atomic E-state index is 11.2. The third-order valence-corrected chi connectivity index (χ3v) is 2.95. The number of amides is 1. The number of nitrogens with zero attached hydrogens (tertiary/aromatic N) is 1. The standard InChI is InChI=1S/C12H13N3O2/c13-12(16)8-3-9-11(15-6-14-9)10(4-8)17-5-7-1-2-7/h3-4,6-7H,1-2,5H2,(H2,13,16)(H,14,15). The SMILES string of the molecule is NC(=O)c1cc(OCC2CC2)c2[nH]cnc2c1. The Kier molecular flexibility index (Phi) is 2.24. The second-order valence-electron chi connectivity index (χ2n) is 4.39. The minimum Gasteiger partial charge on any atom is -0.491 e. The fourth-order valence-electron chi connectivity index (χ4n) is 1.76. The first-order valence-corrected chi connectivity index (χ1v) is 5.64. The van der Waals surface area contributed by atoms with Crippen LogP contribution in [0.25, 0.3) is 11.0 Å². The number of rotatable bonds is 4. The molecule has 0 unspecified atom stereocenters. The number of aromatic amines is 1. The minimum atomic E-state index is -0.467. The van der Waals surface area contributed by atoms with E-state index in [0.29, 0.717) is 29.4 Å². The fourth-order valence-corrected chi connectivity index (χ4v) is 1.76. The molecule has 0 atom stereocenters. The van der Waals surface area contributed by atoms with Crippen LogP contribution in [0.2, 0.25) is 0 Å². The summed E-state index contributed by atoms with van der Waals surface area (Å²) in [5, 5.41) is 0. The quantitative estimate of drug-likeness (QED) is 0.835. The van der Waals surface area contributed by atoms with Gasteiger partial charge in [-0.05, 0) is 30.9 Å². The van der Waals surface area contributed by atoms with Crippen molar-refractivity contribution in [3.05, 3.63) is 24.0 Å². The molecule has 1 saturated carbocycles. The molecule has 0 saturated heterocycles. The highest BCUT2D eigenvalue weighted by molar-refractivity contribution is 5.98. The molecule has 3 N–H and O–H groups in total. The summed E-state index contributed by atoms with van der Waals surface area (Å²) in [6.45, 7) is 0.691. The molecule has 1 aromatic heterocycles. The van der Waals surface area contributed by atoms with Crippen molar-refractivity contribution in [2.24, 2.45) is 11.7 Å². The third-order valence-electron chi connectivity index (χ3n) is 2.95. The average molecular weight is 231 g/mol. The lowest BCUT2D eigenvalue weighted by atomic mass is 10.1. The van der Waals surface area contributed by atoms with E-state index in [2.05, 4.69) is 9.97 Å². The molecule has 0 spiro atoms. The normalized spacial score (nSPS) is 15.1. The summed E-state index contributed by atoms with van der Waals surface area (Å²) in [5.41, 5.74) is 7.22. The summed E-state index contributed by atoms with van der Waals surface area (Å²) < 4.78 is 5.71. The van der Waals surface area contributed by atoms with E-state index in [1.165, 1.54) is 12.8 Å². The number of benzene rings is 1. The lowest BCUT2D eigenvalue weighted by molar-refractivity contribution is 0.1000. The van der Waals surface area contributed by atoms with Gasteiger partial charge in [-0.2, -0.15) is 0 Å². The van der Waals surface area contributed by atoms with Crippen LogP contribution in [-0.2, 0) is 0 Å². The number of imidazole rings is 1. The monoisotopic (exact) mass is 231 g/mol. The third kappa shape index (κ3) is 1.95. The Bertz CT molecular complexity index is 572. The molecule has 1 fully saturated rings. The van der Waals surface area contributed by atoms with Crippen molar-refractivity contribution in [1.82, 2.24) is 9.97 Å². The van der Waals surface area contributed by atoms with Crippen LogP contribution in [0.15, 0.2) is 18.5 Å². The van der Waals surface area contributed by atoms with Crippen LogP contribution in [0.5, 0.6) is 5.75 Å². The molecule has 2 aromatic rings. The van der Waals surface area contributed by atoms with Gasteiger partial charge in [-0.25, -0.2) is 4.98 Å². The second-order valence-corrected chi connectivity index (χ2v) is 4.39. The number of aromatic nitrogens is 2. The van der Waals surface area contributed by atoms with Gasteiger partial charge in [0.15, 0.2) is 0 Å². The number of ether oxygens (including phenoxy) is 1. The largest absolute Gasteiger partial charge is 0.491 e. The number of primary amides is 1. The van der Waals surface area contributed by atoms with Crippen molar-refractivity contribution in [3.63, 3.8) is 0 Å². The Hall–Kier alpha value is -2.04. The van der Waals surface area contributed by atoms with Crippen molar-refractivity contribution in [2.45, 2.75) is 12.8 Å². The second kappa shape index (κ2) is 3.76. The summed E-state index contributed by atoms with van der Waals surface area (Å²) in [4.78, 5) is 18.3. The zero-order valence-electron chi connectivity index (χ0n) is 9.27. The zero-order chi connectivity index (χ0) is 11.8. The van der Waals surface area contributed by atoms with Gasteiger partial charge >= 0.3 is 0 Å². The molecule has 5 nitrogen and oxygen atoms in total. The number of nitrogens with one attached hydrogen (secondary N) is 1. The average Bonchev–Trinajstić information content (AvgIpc) is 3.01. The van der Waals surface area contributed by atoms with Crippen molar-refractivity contribution >= 4 is 16.9 Å². The summed E-state index contributed by atoms with van der Waals surface area (Å²) in [6, 6.07) is 3.34. The summed E-state index contributed by atoms with van der Waals surface area (Å²) in [6.07, 6.45) is 4.03. The van der Waals surface area contributed by atoms with Crippen LogP contribution < -0.4 is 10.5 Å². The number of carbonyl (C=O) groups is 1. The molecule has 88 valence electrons. The summed E-state index contributed by atoms with van der Waals surface area (Å²) >= 11 is 0. The van der Waals surface area contributed by atoms with Gasteiger partial charge in [0.2, 0.25) is 5.91 Å². The molecule has 1 aliphatic carbocycles. The van der Waals surface area contributed by atoms with Crippen LogP contribution in [0.1, 0.15) is 23.2 Å². The Morgan fingerprint density at radius 2 is 2.35 bits per heavy atom. The summed E-state index contributed by atoms with van der Waals surface area (Å²) in [7, 11) is 0. The highest BCUT2D eigenvalue weighted by Gasteiger charge is 2.22. The van der Waals surface area contributed by atoms with E-state index in [0.717, 1.165) is 5.52 Å². The van der Waals surface area contributed by atoms with Gasteiger partial charge in [0.05, 0.1) is 18.5 Å². The smallest absolute Gasteiger partial charge is 0.248 e. The van der Waals surface area contributed by atoms with Crippen molar-refractivity contribution in [3.8, 4) is 5.75 Å². The predicted octanol–water partition coefficient (Wildman–Crippen LogP) is 1.45. The molecule has 0 radical (unpaired) electrons. The Balaban J connectivity index is 1.99. The lowest BCUT2D eigenvalue weighted by Crippen LogP contribution is -2.11. The highest BCUT2D eigenvalue weighted by atomic mass is 16.5. The molecule has 17 heavy (non-hydrogen) atoms. The topological polar surface area (TPSA) is 81.0 Å². The van der Waals surface area contributed by atoms with Crippen LogP contribution in [0.4, 0.5) is 0 Å². The van der Waals surface area contributed by atoms with Gasteiger partial charge in [0.25, 0.3) is 0 Å². The number of hydrogen-bond donors (Lipinski definition) is 2. The Labute approximate surface area is 98.0 Å². The van der Waals surface area contributed by atoms with Crippen molar-refractivity contribution < 1.29 is 9.53 Å². The molecule has 0 aliphatic heterocycles. The van der Waals surface area contributed by atoms with E-state index in [1.54, 1.807) is 18.5 Å². The Morgan fingerprint density at radius 3 is 3.06 bits per heavy atom. The first-order valence-electron chi connectivity index (χ1n) is 5.64. The molecular weight excluding hydrogens is 218 g/mol. The minimum absolute atomic E-state index is 0.426. The molecule has 1 amide bonds. The van der Waals surface area contributed by atoms with E-state index in [-0.39, 0.29) is 0 Å². The number of fused-ring (bicyclic) bond motifs is 1. The van der Waals surface area contributed by atoms with Crippen LogP contribution >= 0.6 is 0 Å². The van der Waals surface area contributed by atoms with Gasteiger partial charge in [0, 0.05) is 5.56 Å². The van der Waals surface area contributed by atoms with E-state index in [1.807, 2.05) is 0 Å². The Morgan fingerprint density at radius 1 is 1.53 bits per heavy atom. The fraction of sp³-hybridized carbons (Fsp3) is 0.333. The molecule has 1 heterocycles. The van der Waals surface area contributed by atoms with E-state index in [4.69, 9.17) is 10.5 Å². The highest BCUT2D eigenvalue weighted by Crippen LogP contribution is 2.31. The zero-order valence-corrected chi connectivity index (χ0v) is 9.27. The first-order chi connectivity index (χ1) is 8.24. The van der Waals surface area contributed by atoms with Gasteiger partial charge in [-0.1, -0.05) is 0 Å². The lowest BCUT2D eigenvalue weighted by Gasteiger charge is -2.07. The number of carbonyl (C=O) groups excluding carboxylic acids is 1. The number of nitrogens with two attached hydrogens (primary N) is 1. The predicted molar refractivity (Wildman–Crippen MR) is 62.8 cm³/mol. The molecule has 3 rings (SSSR count). The van der Waals surface area contributed by atoms with Crippen LogP contribution in [0, 0.1) is 5.92 Å². The maximum absolute atomic E-state index is 11.2. The van der Waals surface area contributed by atoms with Crippen molar-refractivity contribution in [2.75, 3.05) is 6.61 Å². The summed E-state index contributed by atoms with van der Waals surface area (Å²) in [5.74, 6) is 0.845. The van der Waals surface area contributed by atoms with E-state index < -0.39 is 5.91 Å². The van der Waals surface area contributed by atoms with E-state index >= 15 is 0 Å². The van der Waals surface area contributed by atoms with Crippen LogP contribution in [0.3, 0.4) is 0 Å². The number of H-pyrrole nitrogens is 1. The molecule has 1 aromatic carbocycles.